The molecule has 4 nitrogen and oxygen atoms in total. The molecule has 344 valence electrons. The number of nitrogens with zero attached hydrogens (tertiary/aromatic N) is 2. The number of ether oxygens (including phenoxy) is 2. The van der Waals surface area contributed by atoms with E-state index in [1.807, 2.05) is 23.5 Å². The van der Waals surface area contributed by atoms with Crippen LogP contribution in [0.1, 0.15) is 22.3 Å². The number of fused-ring (bicyclic) bond motifs is 16. The lowest BCUT2D eigenvalue weighted by Crippen LogP contribution is -2.79. The second kappa shape index (κ2) is 15.2. The number of para-hydroxylation sites is 4. The normalized spacial score (nSPS) is 15.0. The van der Waals surface area contributed by atoms with E-state index in [-0.39, 0.29) is 13.4 Å². The molecule has 10 aromatic carbocycles. The Labute approximate surface area is 435 Å². The zero-order chi connectivity index (χ0) is 48.4. The standard InChI is InChI=1S/C64H44B2N2O2S2Si/c1-37-21-25-51-43(29-37)65-45-31-39(3)23-27-55(45)71-57-35-41(33-53(69-51)63(57)65)67-47-13-5-9-17-59(47)73(60-18-10-6-14-48(60)67)61-19-11-7-15-49(61)68(50-16-8-12-20-62(50)73)42-34-54-64-58(36-42)72-56-28-24-40(4)32-46(56)66(64)44-30-38(2)22-26-52(44)70-54/h5-36H,1-4H3. The Hall–Kier alpha value is -7.55. The predicted molar refractivity (Wildman–Crippen MR) is 309 cm³/mol. The van der Waals surface area contributed by atoms with Crippen LogP contribution in [-0.4, -0.2) is 21.5 Å². The van der Waals surface area contributed by atoms with Crippen LogP contribution in [0.3, 0.4) is 0 Å². The number of hydrogen-bond donors (Lipinski definition) is 0. The second-order valence-electron chi connectivity index (χ2n) is 20.6. The summed E-state index contributed by atoms with van der Waals surface area (Å²) < 4.78 is 14.1. The molecular formula is C64H44B2N2O2S2Si. The minimum Gasteiger partial charge on any atom is -0.458 e. The van der Waals surface area contributed by atoms with Gasteiger partial charge in [0, 0.05) is 54.5 Å². The van der Waals surface area contributed by atoms with Gasteiger partial charge in [-0.3, -0.25) is 0 Å². The number of benzene rings is 10. The summed E-state index contributed by atoms with van der Waals surface area (Å²) in [5.74, 6) is 3.73. The van der Waals surface area contributed by atoms with Gasteiger partial charge in [-0.25, -0.2) is 0 Å². The summed E-state index contributed by atoms with van der Waals surface area (Å²) in [7, 11) is -3.07. The lowest BCUT2D eigenvalue weighted by atomic mass is 9.35. The number of anilines is 6. The summed E-state index contributed by atoms with van der Waals surface area (Å²) in [5, 5.41) is 5.48. The van der Waals surface area contributed by atoms with Crippen molar-refractivity contribution in [3.8, 4) is 23.0 Å². The van der Waals surface area contributed by atoms with E-state index < -0.39 is 8.07 Å². The first-order chi connectivity index (χ1) is 35.8. The monoisotopic (exact) mass is 986 g/mol. The maximum absolute atomic E-state index is 7.05. The summed E-state index contributed by atoms with van der Waals surface area (Å²) in [6.07, 6.45) is 0. The first-order valence-corrected chi connectivity index (χ1v) is 28.9. The minimum atomic E-state index is -3.07. The highest BCUT2D eigenvalue weighted by molar-refractivity contribution is 8.00. The fourth-order valence-corrected chi connectivity index (χ4v) is 21.1. The van der Waals surface area contributed by atoms with Gasteiger partial charge in [-0.2, -0.15) is 0 Å². The van der Waals surface area contributed by atoms with E-state index in [1.54, 1.807) is 0 Å². The van der Waals surface area contributed by atoms with Crippen LogP contribution in [0, 0.1) is 27.7 Å². The number of hydrogen-bond acceptors (Lipinski definition) is 6. The van der Waals surface area contributed by atoms with E-state index in [4.69, 9.17) is 9.47 Å². The number of rotatable bonds is 2. The average molecular weight is 987 g/mol. The van der Waals surface area contributed by atoms with Crippen LogP contribution in [0.25, 0.3) is 0 Å². The summed E-state index contributed by atoms with van der Waals surface area (Å²) in [5.41, 5.74) is 19.8. The van der Waals surface area contributed by atoms with Gasteiger partial charge in [0.25, 0.3) is 13.4 Å². The Morgan fingerprint density at radius 3 is 1.07 bits per heavy atom. The van der Waals surface area contributed by atoms with Crippen molar-refractivity contribution in [2.24, 2.45) is 0 Å². The Morgan fingerprint density at radius 2 is 0.685 bits per heavy atom. The molecule has 0 fully saturated rings. The molecule has 0 radical (unpaired) electrons. The van der Waals surface area contributed by atoms with Gasteiger partial charge in [-0.1, -0.05) is 178 Å². The van der Waals surface area contributed by atoms with Crippen LogP contribution in [-0.2, 0) is 0 Å². The third-order valence-electron chi connectivity index (χ3n) is 16.3. The van der Waals surface area contributed by atoms with Gasteiger partial charge >= 0.3 is 0 Å². The van der Waals surface area contributed by atoms with Crippen molar-refractivity contribution < 1.29 is 9.47 Å². The molecule has 0 aromatic heterocycles. The summed E-state index contributed by atoms with van der Waals surface area (Å²) in [6.45, 7) is 8.96. The van der Waals surface area contributed by atoms with Crippen molar-refractivity contribution in [1.82, 2.24) is 0 Å². The zero-order valence-electron chi connectivity index (χ0n) is 40.7. The molecule has 73 heavy (non-hydrogen) atoms. The van der Waals surface area contributed by atoms with Gasteiger partial charge in [0.2, 0.25) is 0 Å². The molecule has 6 aliphatic heterocycles. The molecule has 0 N–H and O–H groups in total. The number of aryl methyl sites for hydroxylation is 4. The molecule has 6 heterocycles. The molecule has 0 bridgehead atoms. The SMILES string of the molecule is Cc1ccc2c(c1)B1c3cc(C)ccc3Sc3cc(N4c5ccccc5[Si]5(c6ccccc64)c4ccccc4N(c4cc6c7c(c4)Sc4ccc(C)cc4B7c4cc(C)ccc4O6)c4ccccc45)cc(c31)O2. The molecule has 0 aliphatic carbocycles. The summed E-state index contributed by atoms with van der Waals surface area (Å²) in [4.78, 5) is 10.2. The predicted octanol–water partition coefficient (Wildman–Crippen LogP) is 10.0. The maximum Gasteiger partial charge on any atom is 0.253 e. The van der Waals surface area contributed by atoms with Crippen LogP contribution in [0.15, 0.2) is 214 Å². The average Bonchev–Trinajstić information content (AvgIpc) is 3.43. The van der Waals surface area contributed by atoms with E-state index in [0.717, 1.165) is 34.4 Å². The van der Waals surface area contributed by atoms with Crippen molar-refractivity contribution in [3.05, 3.63) is 216 Å². The molecule has 0 atom stereocenters. The van der Waals surface area contributed by atoms with Gasteiger partial charge < -0.3 is 19.3 Å². The van der Waals surface area contributed by atoms with Crippen molar-refractivity contribution in [3.63, 3.8) is 0 Å². The van der Waals surface area contributed by atoms with Gasteiger partial charge in [0.1, 0.15) is 23.0 Å². The third-order valence-corrected chi connectivity index (χ3v) is 23.5. The first kappa shape index (κ1) is 42.0. The van der Waals surface area contributed by atoms with Gasteiger partial charge in [0.05, 0.1) is 11.4 Å². The van der Waals surface area contributed by atoms with Crippen LogP contribution in [0.4, 0.5) is 34.1 Å². The van der Waals surface area contributed by atoms with Crippen LogP contribution in [0.2, 0.25) is 0 Å². The van der Waals surface area contributed by atoms with E-state index in [1.165, 1.54) is 118 Å². The van der Waals surface area contributed by atoms with Gasteiger partial charge in [-0.15, -0.1) is 0 Å². The highest BCUT2D eigenvalue weighted by Crippen LogP contribution is 2.49. The van der Waals surface area contributed by atoms with Crippen molar-refractivity contribution >= 4 is 133 Å². The van der Waals surface area contributed by atoms with Crippen molar-refractivity contribution in [2.75, 3.05) is 9.80 Å². The molecule has 1 spiro atoms. The Bertz CT molecular complexity index is 3610. The fraction of sp³-hybridized carbons (Fsp3) is 0.0625. The van der Waals surface area contributed by atoms with E-state index >= 15 is 0 Å². The molecule has 10 aromatic rings. The zero-order valence-corrected chi connectivity index (χ0v) is 43.3. The fourth-order valence-electron chi connectivity index (χ4n) is 13.3. The van der Waals surface area contributed by atoms with Crippen LogP contribution < -0.4 is 72.8 Å². The third kappa shape index (κ3) is 5.78. The smallest absolute Gasteiger partial charge is 0.253 e. The molecule has 0 amide bonds. The van der Waals surface area contributed by atoms with Crippen molar-refractivity contribution in [1.29, 1.82) is 0 Å². The highest BCUT2D eigenvalue weighted by atomic mass is 32.2. The molecule has 0 saturated heterocycles. The maximum atomic E-state index is 7.05. The first-order valence-electron chi connectivity index (χ1n) is 25.3. The molecule has 6 aliphatic rings. The van der Waals surface area contributed by atoms with Crippen molar-refractivity contribution in [2.45, 2.75) is 47.3 Å². The molecule has 0 saturated carbocycles. The van der Waals surface area contributed by atoms with Crippen LogP contribution >= 0.6 is 23.5 Å². The topological polar surface area (TPSA) is 24.9 Å². The van der Waals surface area contributed by atoms with Gasteiger partial charge in [0.15, 0.2) is 8.07 Å². The Kier molecular flexibility index (Phi) is 8.77. The van der Waals surface area contributed by atoms with E-state index in [2.05, 4.69) is 232 Å². The molecule has 0 unspecified atom stereocenters. The molecule has 9 heteroatoms. The quantitative estimate of drug-likeness (QED) is 0.160. The highest BCUT2D eigenvalue weighted by Gasteiger charge is 2.54. The molecule has 16 rings (SSSR count). The summed E-state index contributed by atoms with van der Waals surface area (Å²) >= 11 is 3.75. The lowest BCUT2D eigenvalue weighted by molar-refractivity contribution is 0.486. The summed E-state index contributed by atoms with van der Waals surface area (Å²) in [6, 6.07) is 73.8. The largest absolute Gasteiger partial charge is 0.458 e. The van der Waals surface area contributed by atoms with Gasteiger partial charge in [-0.05, 0) is 131 Å². The Balaban J connectivity index is 0.894. The van der Waals surface area contributed by atoms with Crippen LogP contribution in [0.5, 0.6) is 23.0 Å². The Morgan fingerprint density at radius 1 is 0.342 bits per heavy atom. The van der Waals surface area contributed by atoms with E-state index in [0.29, 0.717) is 0 Å². The van der Waals surface area contributed by atoms with E-state index in [9.17, 15) is 0 Å². The molecular weight excluding hydrogens is 943 g/mol. The minimum absolute atomic E-state index is 0.0920. The lowest BCUT2D eigenvalue weighted by Gasteiger charge is -2.50. The second-order valence-corrected chi connectivity index (χ2v) is 26.5.